The van der Waals surface area contributed by atoms with E-state index >= 15 is 0 Å². The van der Waals surface area contributed by atoms with Crippen molar-refractivity contribution < 1.29 is 39.2 Å². The summed E-state index contributed by atoms with van der Waals surface area (Å²) in [5, 5.41) is 10.4. The fourth-order valence-corrected chi connectivity index (χ4v) is 8.43. The molecule has 0 heterocycles. The number of benzene rings is 1. The zero-order valence-electron chi connectivity index (χ0n) is 28.9. The van der Waals surface area contributed by atoms with Crippen LogP contribution in [-0.4, -0.2) is 29.5 Å². The van der Waals surface area contributed by atoms with E-state index in [-0.39, 0.29) is 43.4 Å². The van der Waals surface area contributed by atoms with E-state index in [1.807, 2.05) is 12.1 Å². The molecule has 260 valence electrons. The third-order valence-electron chi connectivity index (χ3n) is 11.7. The van der Waals surface area contributed by atoms with Gasteiger partial charge in [0.2, 0.25) is 0 Å². The lowest BCUT2D eigenvalue weighted by molar-refractivity contribution is -0.348. The number of ether oxygens (including phenoxy) is 1. The second-order valence-corrected chi connectivity index (χ2v) is 15.2. The number of carbonyl (C=O) groups excluding carboxylic acids is 1. The minimum atomic E-state index is -0.658. The summed E-state index contributed by atoms with van der Waals surface area (Å²) in [6, 6.07) is 3.82. The molecule has 9 atom stereocenters. The van der Waals surface area contributed by atoms with Gasteiger partial charge in [-0.25, -0.2) is 29.2 Å². The first-order valence-corrected chi connectivity index (χ1v) is 18.6. The second-order valence-electron chi connectivity index (χ2n) is 15.2. The Balaban J connectivity index is 1.44. The van der Waals surface area contributed by atoms with E-state index in [0.717, 1.165) is 101 Å². The van der Waals surface area contributed by atoms with Gasteiger partial charge in [0, 0.05) is 0 Å². The average Bonchev–Trinajstić information content (AvgIpc) is 3.05. The molecule has 0 spiro atoms. The topological polar surface area (TPSA) is 92.7 Å². The van der Waals surface area contributed by atoms with Crippen LogP contribution in [0.1, 0.15) is 164 Å². The first-order valence-electron chi connectivity index (χ1n) is 18.6. The summed E-state index contributed by atoms with van der Waals surface area (Å²) in [5.74, 6) is 1.24. The summed E-state index contributed by atoms with van der Waals surface area (Å²) >= 11 is 0. The van der Waals surface area contributed by atoms with E-state index < -0.39 is 6.10 Å². The second kappa shape index (κ2) is 17.7. The number of hydrogen-bond acceptors (Lipinski definition) is 8. The minimum absolute atomic E-state index is 0.0565. The smallest absolute Gasteiger partial charge is 0.338 e. The standard InChI is InChI=1S/C38H60O8/c1-25-13-5-9-17-31(25)37(44-40)32-21-29(23-41-45-35-19-11-7-15-27(35)3)30(24-42-46-36-20-12-8-16-28(36)4)22-33(32)38(39)43-34-18-10-6-14-26(34)2/h21-22,25-28,31,34-37,40H,5-20,23-24H2,1-4H3. The van der Waals surface area contributed by atoms with Crippen LogP contribution in [0.5, 0.6) is 0 Å². The molecule has 4 saturated carbocycles. The van der Waals surface area contributed by atoms with Gasteiger partial charge in [-0.05, 0) is 110 Å². The largest absolute Gasteiger partial charge is 0.458 e. The van der Waals surface area contributed by atoms with Gasteiger partial charge in [0.1, 0.15) is 25.4 Å². The molecule has 0 radical (unpaired) electrons. The molecule has 0 amide bonds. The lowest BCUT2D eigenvalue weighted by Crippen LogP contribution is -2.30. The highest BCUT2D eigenvalue weighted by Crippen LogP contribution is 2.42. The zero-order chi connectivity index (χ0) is 32.5. The highest BCUT2D eigenvalue weighted by molar-refractivity contribution is 5.92. The molecule has 4 fully saturated rings. The molecule has 8 nitrogen and oxygen atoms in total. The number of hydrogen-bond donors (Lipinski definition) is 1. The summed E-state index contributed by atoms with van der Waals surface area (Å²) in [6.07, 6.45) is 16.7. The summed E-state index contributed by atoms with van der Waals surface area (Å²) in [4.78, 5) is 43.1. The quantitative estimate of drug-likeness (QED) is 0.129. The van der Waals surface area contributed by atoms with Gasteiger partial charge >= 0.3 is 5.97 Å². The Morgan fingerprint density at radius 1 is 0.652 bits per heavy atom. The third kappa shape index (κ3) is 9.32. The maximum atomic E-state index is 14.1. The molecule has 4 aliphatic carbocycles. The Morgan fingerprint density at radius 3 is 1.61 bits per heavy atom. The molecule has 1 aromatic rings. The molecule has 0 saturated heterocycles. The van der Waals surface area contributed by atoms with Crippen LogP contribution in [-0.2, 0) is 42.4 Å². The molecular formula is C38H60O8. The number of esters is 1. The molecule has 9 unspecified atom stereocenters. The van der Waals surface area contributed by atoms with Crippen LogP contribution in [0.4, 0.5) is 0 Å². The highest BCUT2D eigenvalue weighted by atomic mass is 17.2. The Labute approximate surface area is 277 Å². The van der Waals surface area contributed by atoms with Crippen molar-refractivity contribution in [3.63, 3.8) is 0 Å². The Kier molecular flexibility index (Phi) is 13.8. The Morgan fingerprint density at radius 2 is 1.11 bits per heavy atom. The normalized spacial score (nSPS) is 33.0. The van der Waals surface area contributed by atoms with E-state index in [1.54, 1.807) is 0 Å². The van der Waals surface area contributed by atoms with E-state index in [9.17, 15) is 10.1 Å². The van der Waals surface area contributed by atoms with Crippen LogP contribution < -0.4 is 0 Å². The van der Waals surface area contributed by atoms with E-state index in [0.29, 0.717) is 34.8 Å². The van der Waals surface area contributed by atoms with E-state index in [4.69, 9.17) is 29.2 Å². The molecule has 0 aromatic heterocycles. The van der Waals surface area contributed by atoms with Gasteiger partial charge in [-0.2, -0.15) is 0 Å². The van der Waals surface area contributed by atoms with Crippen LogP contribution >= 0.6 is 0 Å². The van der Waals surface area contributed by atoms with Crippen molar-refractivity contribution in [1.29, 1.82) is 0 Å². The van der Waals surface area contributed by atoms with Crippen LogP contribution in [0, 0.1) is 29.6 Å². The molecule has 5 rings (SSSR count). The maximum absolute atomic E-state index is 14.1. The predicted octanol–water partition coefficient (Wildman–Crippen LogP) is 9.83. The van der Waals surface area contributed by atoms with E-state index in [2.05, 4.69) is 27.7 Å². The summed E-state index contributed by atoms with van der Waals surface area (Å²) in [6.45, 7) is 9.15. The molecule has 1 N–H and O–H groups in total. The van der Waals surface area contributed by atoms with Crippen molar-refractivity contribution in [3.05, 3.63) is 34.4 Å². The molecule has 0 bridgehead atoms. The van der Waals surface area contributed by atoms with Crippen molar-refractivity contribution in [2.24, 2.45) is 29.6 Å². The van der Waals surface area contributed by atoms with Crippen molar-refractivity contribution >= 4 is 5.97 Å². The van der Waals surface area contributed by atoms with Crippen molar-refractivity contribution in [2.75, 3.05) is 0 Å². The monoisotopic (exact) mass is 644 g/mol. The number of carbonyl (C=O) groups is 1. The van der Waals surface area contributed by atoms with Crippen LogP contribution in [0.15, 0.2) is 12.1 Å². The van der Waals surface area contributed by atoms with E-state index in [1.165, 1.54) is 12.8 Å². The van der Waals surface area contributed by atoms with Gasteiger partial charge in [0.25, 0.3) is 0 Å². The summed E-state index contributed by atoms with van der Waals surface area (Å²) < 4.78 is 6.22. The van der Waals surface area contributed by atoms with Gasteiger partial charge in [-0.3, -0.25) is 5.26 Å². The molecule has 4 aliphatic rings. The van der Waals surface area contributed by atoms with Gasteiger partial charge in [0.05, 0.1) is 17.8 Å². The van der Waals surface area contributed by atoms with Gasteiger partial charge in [-0.1, -0.05) is 79.1 Å². The SMILES string of the molecule is CC1CCCCC1OOCc1cc(C(=O)OC2CCCCC2C)c(C(OO)C2CCCCC2C)cc1COOC1CCCCC1C. The lowest BCUT2D eigenvalue weighted by Gasteiger charge is -2.35. The maximum Gasteiger partial charge on any atom is 0.338 e. The first-order chi connectivity index (χ1) is 22.4. The fraction of sp³-hybridized carbons (Fsp3) is 0.816. The zero-order valence-corrected chi connectivity index (χ0v) is 28.9. The Hall–Kier alpha value is -1.55. The Bertz CT molecular complexity index is 1090. The summed E-state index contributed by atoms with van der Waals surface area (Å²) in [5.41, 5.74) is 2.67. The number of rotatable bonds is 13. The van der Waals surface area contributed by atoms with Crippen LogP contribution in [0.25, 0.3) is 0 Å². The average molecular weight is 645 g/mol. The molecule has 8 heteroatoms. The highest BCUT2D eigenvalue weighted by Gasteiger charge is 2.36. The third-order valence-corrected chi connectivity index (χ3v) is 11.7. The molecule has 46 heavy (non-hydrogen) atoms. The van der Waals surface area contributed by atoms with Crippen molar-refractivity contribution in [3.8, 4) is 0 Å². The summed E-state index contributed by atoms with van der Waals surface area (Å²) in [7, 11) is 0. The van der Waals surface area contributed by atoms with Crippen molar-refractivity contribution in [2.45, 2.75) is 168 Å². The van der Waals surface area contributed by atoms with Gasteiger partial charge in [-0.15, -0.1) is 0 Å². The molecule has 0 aliphatic heterocycles. The predicted molar refractivity (Wildman–Crippen MR) is 175 cm³/mol. The van der Waals surface area contributed by atoms with Gasteiger partial charge < -0.3 is 4.74 Å². The lowest BCUT2D eigenvalue weighted by atomic mass is 9.74. The minimum Gasteiger partial charge on any atom is -0.458 e. The fourth-order valence-electron chi connectivity index (χ4n) is 8.43. The van der Waals surface area contributed by atoms with Crippen LogP contribution in [0.3, 0.4) is 0 Å². The van der Waals surface area contributed by atoms with Gasteiger partial charge in [0.15, 0.2) is 0 Å². The van der Waals surface area contributed by atoms with Crippen LogP contribution in [0.2, 0.25) is 0 Å². The molecule has 1 aromatic carbocycles. The van der Waals surface area contributed by atoms with Crippen molar-refractivity contribution in [1.82, 2.24) is 0 Å². The molecular weight excluding hydrogens is 584 g/mol. The first kappa shape index (κ1) is 35.7.